The molecule has 3 rings (SSSR count). The van der Waals surface area contributed by atoms with E-state index in [1.54, 1.807) is 19.2 Å². The van der Waals surface area contributed by atoms with Crippen LogP contribution < -0.4 is 10.1 Å². The Morgan fingerprint density at radius 1 is 1.24 bits per heavy atom. The number of ether oxygens (including phenoxy) is 1. The van der Waals surface area contributed by atoms with Crippen LogP contribution >= 0.6 is 39.3 Å². The summed E-state index contributed by atoms with van der Waals surface area (Å²) in [5, 5.41) is 12.7. The first-order chi connectivity index (χ1) is 14.0. The molecule has 1 heterocycles. The number of hydrogen-bond acceptors (Lipinski definition) is 5. The molecule has 0 unspecified atom stereocenters. The van der Waals surface area contributed by atoms with Gasteiger partial charge in [0, 0.05) is 16.6 Å². The number of amides is 1. The van der Waals surface area contributed by atoms with E-state index in [2.05, 4.69) is 31.4 Å². The number of thioether (sulfide) groups is 1. The first kappa shape index (κ1) is 21.7. The Morgan fingerprint density at radius 3 is 2.66 bits per heavy atom. The molecular formula is C20H20BrClN4O2S. The quantitative estimate of drug-likeness (QED) is 0.447. The van der Waals surface area contributed by atoms with Gasteiger partial charge in [0.25, 0.3) is 0 Å². The van der Waals surface area contributed by atoms with Crippen LogP contribution in [0.2, 0.25) is 5.02 Å². The number of rotatable bonds is 8. The zero-order chi connectivity index (χ0) is 20.8. The zero-order valence-electron chi connectivity index (χ0n) is 16.0. The molecule has 1 aromatic heterocycles. The van der Waals surface area contributed by atoms with Gasteiger partial charge in [-0.3, -0.25) is 9.36 Å². The maximum absolute atomic E-state index is 12.0. The number of nitrogens with one attached hydrogen (secondary N) is 1. The van der Waals surface area contributed by atoms with Gasteiger partial charge in [-0.05, 0) is 36.8 Å². The molecular weight excluding hydrogens is 476 g/mol. The van der Waals surface area contributed by atoms with Gasteiger partial charge >= 0.3 is 0 Å². The lowest BCUT2D eigenvalue weighted by atomic mass is 10.2. The molecule has 0 fully saturated rings. The van der Waals surface area contributed by atoms with E-state index in [1.165, 1.54) is 11.8 Å². The fourth-order valence-corrected chi connectivity index (χ4v) is 3.92. The second kappa shape index (κ2) is 10.1. The molecule has 152 valence electrons. The van der Waals surface area contributed by atoms with Crippen LogP contribution in [0.4, 0.5) is 0 Å². The van der Waals surface area contributed by atoms with Crippen molar-refractivity contribution in [2.75, 3.05) is 19.4 Å². The second-order valence-corrected chi connectivity index (χ2v) is 8.37. The number of aromatic nitrogens is 3. The van der Waals surface area contributed by atoms with Crippen molar-refractivity contribution in [3.63, 3.8) is 0 Å². The minimum absolute atomic E-state index is 0.0376. The van der Waals surface area contributed by atoms with Gasteiger partial charge in [-0.15, -0.1) is 10.2 Å². The summed E-state index contributed by atoms with van der Waals surface area (Å²) in [5.41, 5.74) is 1.69. The zero-order valence-corrected chi connectivity index (χ0v) is 19.1. The summed E-state index contributed by atoms with van der Waals surface area (Å²) in [6, 6.07) is 13.3. The monoisotopic (exact) mass is 494 g/mol. The Bertz CT molecular complexity index is 995. The van der Waals surface area contributed by atoms with Crippen molar-refractivity contribution in [2.45, 2.75) is 18.5 Å². The molecule has 9 heteroatoms. The van der Waals surface area contributed by atoms with Gasteiger partial charge in [0.1, 0.15) is 5.75 Å². The number of halogens is 2. The lowest BCUT2D eigenvalue weighted by Crippen LogP contribution is -2.25. The van der Waals surface area contributed by atoms with Gasteiger partial charge < -0.3 is 10.1 Å². The van der Waals surface area contributed by atoms with Crippen LogP contribution in [-0.4, -0.2) is 40.1 Å². The SMILES string of the molecule is CCCNC(=O)CSc1nnc(-c2ccc(Br)cc2)n1-c1ccc(OC)c(Cl)c1. The molecule has 0 aliphatic rings. The van der Waals surface area contributed by atoms with Gasteiger partial charge in [0.05, 0.1) is 23.6 Å². The van der Waals surface area contributed by atoms with E-state index >= 15 is 0 Å². The average Bonchev–Trinajstić information content (AvgIpc) is 3.15. The number of benzene rings is 2. The summed E-state index contributed by atoms with van der Waals surface area (Å²) in [6.07, 6.45) is 0.894. The van der Waals surface area contributed by atoms with Crippen molar-refractivity contribution in [1.82, 2.24) is 20.1 Å². The first-order valence-corrected chi connectivity index (χ1v) is 11.1. The van der Waals surface area contributed by atoms with Crippen molar-refractivity contribution in [1.29, 1.82) is 0 Å². The molecule has 1 N–H and O–H groups in total. The lowest BCUT2D eigenvalue weighted by Gasteiger charge is -2.12. The minimum atomic E-state index is -0.0376. The molecule has 6 nitrogen and oxygen atoms in total. The smallest absolute Gasteiger partial charge is 0.230 e. The van der Waals surface area contributed by atoms with Gasteiger partial charge in [-0.2, -0.15) is 0 Å². The Balaban J connectivity index is 1.99. The topological polar surface area (TPSA) is 69.0 Å². The number of nitrogens with zero attached hydrogens (tertiary/aromatic N) is 3. The van der Waals surface area contributed by atoms with E-state index in [4.69, 9.17) is 16.3 Å². The van der Waals surface area contributed by atoms with E-state index < -0.39 is 0 Å². The average molecular weight is 496 g/mol. The van der Waals surface area contributed by atoms with Crippen molar-refractivity contribution >= 4 is 45.2 Å². The Morgan fingerprint density at radius 2 is 2.00 bits per heavy atom. The van der Waals surface area contributed by atoms with Crippen LogP contribution in [0.3, 0.4) is 0 Å². The predicted octanol–water partition coefficient (Wildman–Crippen LogP) is 4.98. The molecule has 1 amide bonds. The number of carbonyl (C=O) groups excluding carboxylic acids is 1. The van der Waals surface area contributed by atoms with Crippen molar-refractivity contribution in [3.8, 4) is 22.8 Å². The van der Waals surface area contributed by atoms with Crippen molar-refractivity contribution < 1.29 is 9.53 Å². The summed E-state index contributed by atoms with van der Waals surface area (Å²) in [5.74, 6) is 1.46. The Labute approximate surface area is 187 Å². The van der Waals surface area contributed by atoms with E-state index in [9.17, 15) is 4.79 Å². The van der Waals surface area contributed by atoms with Crippen molar-refractivity contribution in [2.24, 2.45) is 0 Å². The fraction of sp³-hybridized carbons (Fsp3) is 0.250. The van der Waals surface area contributed by atoms with E-state index in [0.717, 1.165) is 22.1 Å². The number of methoxy groups -OCH3 is 1. The highest BCUT2D eigenvalue weighted by molar-refractivity contribution is 9.10. The van der Waals surface area contributed by atoms with Gasteiger partial charge in [0.15, 0.2) is 11.0 Å². The third-order valence-corrected chi connectivity index (χ3v) is 5.79. The third kappa shape index (κ3) is 5.32. The Hall–Kier alpha value is -2.03. The van der Waals surface area contributed by atoms with E-state index in [0.29, 0.717) is 28.3 Å². The predicted molar refractivity (Wildman–Crippen MR) is 120 cm³/mol. The second-order valence-electron chi connectivity index (χ2n) is 6.11. The number of hydrogen-bond donors (Lipinski definition) is 1. The molecule has 0 aliphatic heterocycles. The normalized spacial score (nSPS) is 10.8. The van der Waals surface area contributed by atoms with Crippen LogP contribution in [0.25, 0.3) is 17.1 Å². The van der Waals surface area contributed by atoms with Gasteiger partial charge in [-0.25, -0.2) is 0 Å². The molecule has 3 aromatic rings. The number of carbonyl (C=O) groups is 1. The lowest BCUT2D eigenvalue weighted by molar-refractivity contribution is -0.118. The minimum Gasteiger partial charge on any atom is -0.495 e. The maximum Gasteiger partial charge on any atom is 0.230 e. The summed E-state index contributed by atoms with van der Waals surface area (Å²) >= 11 is 11.1. The fourth-order valence-electron chi connectivity index (χ4n) is 2.62. The molecule has 0 saturated carbocycles. The highest BCUT2D eigenvalue weighted by atomic mass is 79.9. The van der Waals surface area contributed by atoms with Crippen LogP contribution in [0.5, 0.6) is 5.75 Å². The summed E-state index contributed by atoms with van der Waals surface area (Å²) in [7, 11) is 1.57. The molecule has 0 bridgehead atoms. The molecule has 0 atom stereocenters. The molecule has 0 spiro atoms. The van der Waals surface area contributed by atoms with Gasteiger partial charge in [0.2, 0.25) is 5.91 Å². The van der Waals surface area contributed by atoms with Crippen LogP contribution in [-0.2, 0) is 4.79 Å². The summed E-state index contributed by atoms with van der Waals surface area (Å²) in [4.78, 5) is 12.0. The van der Waals surface area contributed by atoms with Gasteiger partial charge in [-0.1, -0.05) is 58.3 Å². The summed E-state index contributed by atoms with van der Waals surface area (Å²) in [6.45, 7) is 2.67. The molecule has 29 heavy (non-hydrogen) atoms. The van der Waals surface area contributed by atoms with Crippen LogP contribution in [0, 0.1) is 0 Å². The molecule has 2 aromatic carbocycles. The molecule has 0 aliphatic carbocycles. The highest BCUT2D eigenvalue weighted by Gasteiger charge is 2.18. The highest BCUT2D eigenvalue weighted by Crippen LogP contribution is 2.32. The van der Waals surface area contributed by atoms with E-state index in [1.807, 2.05) is 41.8 Å². The third-order valence-electron chi connectivity index (χ3n) is 4.03. The largest absolute Gasteiger partial charge is 0.495 e. The standard InChI is InChI=1S/C20H20BrClN4O2S/c1-3-10-23-18(27)12-29-20-25-24-19(13-4-6-14(21)7-5-13)26(20)15-8-9-17(28-2)16(22)11-15/h4-9,11H,3,10,12H2,1-2H3,(H,23,27). The Kier molecular flexibility index (Phi) is 7.57. The maximum atomic E-state index is 12.0. The van der Waals surface area contributed by atoms with Crippen LogP contribution in [0.15, 0.2) is 52.1 Å². The van der Waals surface area contributed by atoms with Crippen molar-refractivity contribution in [3.05, 3.63) is 52.0 Å². The summed E-state index contributed by atoms with van der Waals surface area (Å²) < 4.78 is 8.13. The van der Waals surface area contributed by atoms with E-state index in [-0.39, 0.29) is 11.7 Å². The molecule has 0 radical (unpaired) electrons. The first-order valence-electron chi connectivity index (χ1n) is 8.98. The van der Waals surface area contributed by atoms with Crippen LogP contribution in [0.1, 0.15) is 13.3 Å². The molecule has 0 saturated heterocycles.